The van der Waals surface area contributed by atoms with Gasteiger partial charge in [-0.3, -0.25) is 4.79 Å². The van der Waals surface area contributed by atoms with Gasteiger partial charge >= 0.3 is 17.9 Å². The predicted molar refractivity (Wildman–Crippen MR) is 59.5 cm³/mol. The lowest BCUT2D eigenvalue weighted by Crippen LogP contribution is -2.36. The Balaban J connectivity index is 0. The van der Waals surface area contributed by atoms with Crippen molar-refractivity contribution in [1.82, 2.24) is 0 Å². The summed E-state index contributed by atoms with van der Waals surface area (Å²) in [7, 11) is 0. The van der Waals surface area contributed by atoms with Crippen molar-refractivity contribution < 1.29 is 29.7 Å². The van der Waals surface area contributed by atoms with E-state index in [9.17, 15) is 14.4 Å². The number of nitrogens with two attached hydrogens (primary N) is 1. The third-order valence-corrected chi connectivity index (χ3v) is 1.91. The Hall–Kier alpha value is -1.89. The van der Waals surface area contributed by atoms with Gasteiger partial charge in [0.1, 0.15) is 6.04 Å². The van der Waals surface area contributed by atoms with Crippen molar-refractivity contribution in [2.45, 2.75) is 26.3 Å². The molecule has 0 radical (unpaired) electrons. The zero-order valence-electron chi connectivity index (χ0n) is 9.66. The molecule has 0 saturated heterocycles. The molecule has 5 N–H and O–H groups in total. The van der Waals surface area contributed by atoms with E-state index in [2.05, 4.69) is 0 Å². The van der Waals surface area contributed by atoms with Crippen molar-refractivity contribution >= 4 is 17.9 Å². The standard InChI is InChI=1S/C6H13NO2.C4H4O4/c1-3-4(2)5(7)6(8)9;5-3(6)1-2-4(7)8/h4-5H,3,7H2,1-2H3,(H,8,9);1-2H,(H,5,6)(H,7,8)/b;2-1-/t4-,5-;/m0./s1. The quantitative estimate of drug-likeness (QED) is 0.507. The summed E-state index contributed by atoms with van der Waals surface area (Å²) in [5, 5.41) is 24.0. The molecule has 0 saturated carbocycles. The topological polar surface area (TPSA) is 138 Å². The van der Waals surface area contributed by atoms with Crippen molar-refractivity contribution in [2.75, 3.05) is 0 Å². The van der Waals surface area contributed by atoms with Crippen molar-refractivity contribution in [3.05, 3.63) is 12.2 Å². The van der Waals surface area contributed by atoms with Crippen LogP contribution in [0.1, 0.15) is 20.3 Å². The van der Waals surface area contributed by atoms with Crippen LogP contribution in [0.3, 0.4) is 0 Å². The number of rotatable bonds is 5. The van der Waals surface area contributed by atoms with Crippen molar-refractivity contribution in [1.29, 1.82) is 0 Å². The molecule has 0 fully saturated rings. The highest BCUT2D eigenvalue weighted by atomic mass is 16.4. The molecular weight excluding hydrogens is 230 g/mol. The minimum absolute atomic E-state index is 0.0718. The third-order valence-electron chi connectivity index (χ3n) is 1.91. The second-order valence-corrected chi connectivity index (χ2v) is 3.26. The summed E-state index contributed by atoms with van der Waals surface area (Å²) >= 11 is 0. The lowest BCUT2D eigenvalue weighted by molar-refractivity contribution is -0.139. The average Bonchev–Trinajstić information content (AvgIpc) is 2.24. The monoisotopic (exact) mass is 247 g/mol. The van der Waals surface area contributed by atoms with E-state index in [1.165, 1.54) is 0 Å². The first kappa shape index (κ1) is 17.5. The fourth-order valence-corrected chi connectivity index (χ4v) is 0.640. The van der Waals surface area contributed by atoms with E-state index >= 15 is 0 Å². The van der Waals surface area contributed by atoms with Crippen LogP contribution in [0.4, 0.5) is 0 Å². The summed E-state index contributed by atoms with van der Waals surface area (Å²) < 4.78 is 0. The molecule has 0 bridgehead atoms. The number of hydrogen-bond acceptors (Lipinski definition) is 4. The Morgan fingerprint density at radius 2 is 1.47 bits per heavy atom. The molecule has 7 nitrogen and oxygen atoms in total. The lowest BCUT2D eigenvalue weighted by atomic mass is 10.0. The fraction of sp³-hybridized carbons (Fsp3) is 0.500. The van der Waals surface area contributed by atoms with Gasteiger partial charge in [-0.25, -0.2) is 9.59 Å². The summed E-state index contributed by atoms with van der Waals surface area (Å²) in [5.41, 5.74) is 5.27. The number of carboxylic acid groups (broad SMARTS) is 3. The molecule has 0 aliphatic heterocycles. The first-order chi connectivity index (χ1) is 7.72. The largest absolute Gasteiger partial charge is 0.480 e. The van der Waals surface area contributed by atoms with Crippen LogP contribution in [0.2, 0.25) is 0 Å². The lowest BCUT2D eigenvalue weighted by Gasteiger charge is -2.11. The molecule has 0 heterocycles. The highest BCUT2D eigenvalue weighted by molar-refractivity contribution is 5.89. The van der Waals surface area contributed by atoms with Gasteiger partial charge in [-0.1, -0.05) is 20.3 Å². The van der Waals surface area contributed by atoms with Gasteiger partial charge in [0.2, 0.25) is 0 Å². The third kappa shape index (κ3) is 12.0. The van der Waals surface area contributed by atoms with Crippen LogP contribution < -0.4 is 5.73 Å². The Labute approximate surface area is 98.5 Å². The van der Waals surface area contributed by atoms with E-state index in [-0.39, 0.29) is 5.92 Å². The van der Waals surface area contributed by atoms with Gasteiger partial charge in [-0.05, 0) is 5.92 Å². The summed E-state index contributed by atoms with van der Waals surface area (Å²) in [4.78, 5) is 29.3. The molecule has 2 atom stereocenters. The van der Waals surface area contributed by atoms with Crippen LogP contribution in [0, 0.1) is 5.92 Å². The van der Waals surface area contributed by atoms with E-state index in [0.717, 1.165) is 6.42 Å². The maximum atomic E-state index is 10.2. The van der Waals surface area contributed by atoms with Gasteiger partial charge in [-0.15, -0.1) is 0 Å². The van der Waals surface area contributed by atoms with Gasteiger partial charge in [0.25, 0.3) is 0 Å². The Kier molecular flexibility index (Phi) is 9.62. The maximum Gasteiger partial charge on any atom is 0.328 e. The fourth-order valence-electron chi connectivity index (χ4n) is 0.640. The molecule has 0 rings (SSSR count). The molecule has 17 heavy (non-hydrogen) atoms. The molecule has 0 aromatic carbocycles. The second-order valence-electron chi connectivity index (χ2n) is 3.26. The number of carboxylic acids is 3. The molecule has 0 aliphatic carbocycles. The zero-order chi connectivity index (χ0) is 14.0. The van der Waals surface area contributed by atoms with Gasteiger partial charge in [0.05, 0.1) is 0 Å². The van der Waals surface area contributed by atoms with Crippen LogP contribution in [-0.2, 0) is 14.4 Å². The molecule has 0 aromatic heterocycles. The SMILES string of the molecule is CC[C@H](C)[C@H](N)C(=O)O.O=C(O)/C=C\C(=O)O. The minimum atomic E-state index is -1.26. The van der Waals surface area contributed by atoms with Gasteiger partial charge < -0.3 is 21.1 Å². The van der Waals surface area contributed by atoms with Crippen LogP contribution in [0.5, 0.6) is 0 Å². The Morgan fingerprint density at radius 3 is 1.59 bits per heavy atom. The number of aliphatic carboxylic acids is 3. The smallest absolute Gasteiger partial charge is 0.328 e. The van der Waals surface area contributed by atoms with E-state index in [1.54, 1.807) is 0 Å². The molecule has 0 aliphatic rings. The first-order valence-corrected chi connectivity index (χ1v) is 4.84. The second kappa shape index (κ2) is 9.34. The zero-order valence-corrected chi connectivity index (χ0v) is 9.66. The number of carbonyl (C=O) groups is 3. The van der Waals surface area contributed by atoms with Crippen molar-refractivity contribution in [3.8, 4) is 0 Å². The highest BCUT2D eigenvalue weighted by Crippen LogP contribution is 2.04. The van der Waals surface area contributed by atoms with Crippen LogP contribution in [-0.4, -0.2) is 39.3 Å². The Bertz CT molecular complexity index is 283. The molecule has 0 unspecified atom stereocenters. The van der Waals surface area contributed by atoms with Crippen LogP contribution in [0.15, 0.2) is 12.2 Å². The van der Waals surface area contributed by atoms with Gasteiger partial charge in [0.15, 0.2) is 0 Å². The average molecular weight is 247 g/mol. The minimum Gasteiger partial charge on any atom is -0.480 e. The molecule has 7 heteroatoms. The summed E-state index contributed by atoms with van der Waals surface area (Å²) in [5.74, 6) is -3.35. The summed E-state index contributed by atoms with van der Waals surface area (Å²) in [6.07, 6.45) is 1.93. The van der Waals surface area contributed by atoms with E-state index in [1.807, 2.05) is 13.8 Å². The van der Waals surface area contributed by atoms with E-state index < -0.39 is 23.9 Å². The molecule has 0 aromatic rings. The van der Waals surface area contributed by atoms with E-state index in [4.69, 9.17) is 21.1 Å². The molecule has 0 spiro atoms. The van der Waals surface area contributed by atoms with E-state index in [0.29, 0.717) is 12.2 Å². The highest BCUT2D eigenvalue weighted by Gasteiger charge is 2.17. The Morgan fingerprint density at radius 1 is 1.12 bits per heavy atom. The van der Waals surface area contributed by atoms with Gasteiger partial charge in [0, 0.05) is 12.2 Å². The van der Waals surface area contributed by atoms with Gasteiger partial charge in [-0.2, -0.15) is 0 Å². The molecule has 0 amide bonds. The molecule has 98 valence electrons. The van der Waals surface area contributed by atoms with Crippen LogP contribution in [0.25, 0.3) is 0 Å². The van der Waals surface area contributed by atoms with Crippen molar-refractivity contribution in [3.63, 3.8) is 0 Å². The normalized spacial score (nSPS) is 13.4. The summed E-state index contributed by atoms with van der Waals surface area (Å²) in [6.45, 7) is 3.76. The maximum absolute atomic E-state index is 10.2. The molecular formula is C10H17NO6. The first-order valence-electron chi connectivity index (χ1n) is 4.84. The summed E-state index contributed by atoms with van der Waals surface area (Å²) in [6, 6.07) is -0.699. The predicted octanol–water partition coefficient (Wildman–Crippen LogP) is 0.156. The van der Waals surface area contributed by atoms with Crippen LogP contribution >= 0.6 is 0 Å². The number of hydrogen-bond donors (Lipinski definition) is 4. The van der Waals surface area contributed by atoms with Crippen molar-refractivity contribution in [2.24, 2.45) is 11.7 Å².